The molecule has 0 aromatic heterocycles. The Labute approximate surface area is 125 Å². The molecular formula is C16H24N2O3. The van der Waals surface area contributed by atoms with Gasteiger partial charge < -0.3 is 15.8 Å². The van der Waals surface area contributed by atoms with E-state index in [0.717, 1.165) is 5.56 Å². The van der Waals surface area contributed by atoms with Gasteiger partial charge >= 0.3 is 5.97 Å². The van der Waals surface area contributed by atoms with E-state index < -0.39 is 11.9 Å². The minimum atomic E-state index is -0.436. The van der Waals surface area contributed by atoms with Gasteiger partial charge in [-0.2, -0.15) is 0 Å². The first kappa shape index (κ1) is 17.2. The minimum absolute atomic E-state index is 0.0787. The number of hydrogen-bond acceptors (Lipinski definition) is 4. The molecule has 116 valence electrons. The van der Waals surface area contributed by atoms with Crippen LogP contribution in [-0.2, 0) is 20.9 Å². The summed E-state index contributed by atoms with van der Waals surface area (Å²) < 4.78 is 5.25. The Kier molecular flexibility index (Phi) is 6.88. The van der Waals surface area contributed by atoms with Crippen molar-refractivity contribution in [3.05, 3.63) is 35.9 Å². The maximum absolute atomic E-state index is 11.9. The van der Waals surface area contributed by atoms with E-state index in [0.29, 0.717) is 6.54 Å². The highest BCUT2D eigenvalue weighted by Crippen LogP contribution is 2.06. The molecule has 3 N–H and O–H groups in total. The van der Waals surface area contributed by atoms with Gasteiger partial charge in [0, 0.05) is 6.54 Å². The van der Waals surface area contributed by atoms with Gasteiger partial charge in [0.1, 0.15) is 6.61 Å². The van der Waals surface area contributed by atoms with E-state index in [9.17, 15) is 9.59 Å². The van der Waals surface area contributed by atoms with Crippen LogP contribution in [0.25, 0.3) is 0 Å². The van der Waals surface area contributed by atoms with E-state index in [4.69, 9.17) is 10.5 Å². The molecule has 0 saturated carbocycles. The summed E-state index contributed by atoms with van der Waals surface area (Å²) in [7, 11) is 0. The van der Waals surface area contributed by atoms with Crippen LogP contribution in [-0.4, -0.2) is 24.5 Å². The number of nitrogens with one attached hydrogen (secondary N) is 1. The van der Waals surface area contributed by atoms with Crippen LogP contribution < -0.4 is 11.1 Å². The summed E-state index contributed by atoms with van der Waals surface area (Å²) >= 11 is 0. The average molecular weight is 292 g/mol. The SMILES string of the molecule is CC(CNC(C(N)=O)C(C)C)C(=O)OCc1ccccc1. The van der Waals surface area contributed by atoms with Gasteiger partial charge in [-0.3, -0.25) is 9.59 Å². The third kappa shape index (κ3) is 5.95. The molecule has 1 rings (SSSR count). The number of esters is 1. The molecule has 1 aromatic carbocycles. The van der Waals surface area contributed by atoms with Crippen LogP contribution >= 0.6 is 0 Å². The molecule has 21 heavy (non-hydrogen) atoms. The fourth-order valence-electron chi connectivity index (χ4n) is 1.92. The van der Waals surface area contributed by atoms with Crippen molar-refractivity contribution in [3.63, 3.8) is 0 Å². The van der Waals surface area contributed by atoms with Gasteiger partial charge in [-0.25, -0.2) is 0 Å². The molecule has 0 aliphatic rings. The van der Waals surface area contributed by atoms with E-state index in [2.05, 4.69) is 5.32 Å². The molecule has 5 heteroatoms. The Hall–Kier alpha value is -1.88. The van der Waals surface area contributed by atoms with Gasteiger partial charge in [-0.05, 0) is 11.5 Å². The fraction of sp³-hybridized carbons (Fsp3) is 0.500. The molecule has 0 aliphatic carbocycles. The fourth-order valence-corrected chi connectivity index (χ4v) is 1.92. The van der Waals surface area contributed by atoms with Crippen LogP contribution in [0.3, 0.4) is 0 Å². The maximum atomic E-state index is 11.9. The summed E-state index contributed by atoms with van der Waals surface area (Å²) in [6.07, 6.45) is 0. The number of carbonyl (C=O) groups is 2. The first-order chi connectivity index (χ1) is 9.91. The average Bonchev–Trinajstić information content (AvgIpc) is 2.45. The summed E-state index contributed by atoms with van der Waals surface area (Å²) in [6, 6.07) is 9.07. The lowest BCUT2D eigenvalue weighted by Gasteiger charge is -2.21. The van der Waals surface area contributed by atoms with Crippen molar-refractivity contribution in [3.8, 4) is 0 Å². The van der Waals surface area contributed by atoms with Crippen LogP contribution in [0.5, 0.6) is 0 Å². The lowest BCUT2D eigenvalue weighted by atomic mass is 10.0. The number of rotatable bonds is 8. The number of primary amides is 1. The lowest BCUT2D eigenvalue weighted by Crippen LogP contribution is -2.47. The number of benzene rings is 1. The summed E-state index contributed by atoms with van der Waals surface area (Å²) in [4.78, 5) is 23.2. The second-order valence-electron chi connectivity index (χ2n) is 5.53. The van der Waals surface area contributed by atoms with Crippen LogP contribution in [0.4, 0.5) is 0 Å². The number of carbonyl (C=O) groups excluding carboxylic acids is 2. The third-order valence-corrected chi connectivity index (χ3v) is 3.24. The quantitative estimate of drug-likeness (QED) is 0.711. The predicted octanol–water partition coefficient (Wildman–Crippen LogP) is 1.47. The normalized spacial score (nSPS) is 13.7. The first-order valence-corrected chi connectivity index (χ1v) is 7.15. The molecule has 0 spiro atoms. The van der Waals surface area contributed by atoms with Crippen molar-refractivity contribution < 1.29 is 14.3 Å². The Morgan fingerprint density at radius 1 is 1.19 bits per heavy atom. The first-order valence-electron chi connectivity index (χ1n) is 7.15. The zero-order valence-electron chi connectivity index (χ0n) is 12.8. The van der Waals surface area contributed by atoms with Gasteiger partial charge in [0.15, 0.2) is 0 Å². The van der Waals surface area contributed by atoms with Crippen LogP contribution in [0.2, 0.25) is 0 Å². The van der Waals surface area contributed by atoms with Crippen molar-refractivity contribution in [2.24, 2.45) is 17.6 Å². The molecule has 0 heterocycles. The van der Waals surface area contributed by atoms with E-state index in [1.165, 1.54) is 0 Å². The van der Waals surface area contributed by atoms with Crippen LogP contribution in [0, 0.1) is 11.8 Å². The molecule has 1 aromatic rings. The highest BCUT2D eigenvalue weighted by Gasteiger charge is 2.22. The highest BCUT2D eigenvalue weighted by molar-refractivity contribution is 5.80. The summed E-state index contributed by atoms with van der Waals surface area (Å²) in [5.41, 5.74) is 6.26. The Morgan fingerprint density at radius 3 is 2.33 bits per heavy atom. The summed E-state index contributed by atoms with van der Waals surface area (Å²) in [5.74, 6) is -0.961. The van der Waals surface area contributed by atoms with Crippen LogP contribution in [0.1, 0.15) is 26.3 Å². The van der Waals surface area contributed by atoms with Crippen molar-refractivity contribution in [2.75, 3.05) is 6.54 Å². The highest BCUT2D eigenvalue weighted by atomic mass is 16.5. The van der Waals surface area contributed by atoms with Crippen molar-refractivity contribution >= 4 is 11.9 Å². The Balaban J connectivity index is 2.39. The standard InChI is InChI=1S/C16H24N2O3/c1-11(2)14(15(17)19)18-9-12(3)16(20)21-10-13-7-5-4-6-8-13/h4-8,11-12,14,18H,9-10H2,1-3H3,(H2,17,19). The van der Waals surface area contributed by atoms with Gasteiger partial charge in [-0.1, -0.05) is 51.1 Å². The van der Waals surface area contributed by atoms with E-state index in [-0.39, 0.29) is 24.4 Å². The lowest BCUT2D eigenvalue weighted by molar-refractivity contribution is -0.149. The zero-order chi connectivity index (χ0) is 15.8. The predicted molar refractivity (Wildman–Crippen MR) is 81.2 cm³/mol. The molecule has 0 saturated heterocycles. The second kappa shape index (κ2) is 8.42. The topological polar surface area (TPSA) is 81.4 Å². The Morgan fingerprint density at radius 2 is 1.81 bits per heavy atom. The monoisotopic (exact) mass is 292 g/mol. The summed E-state index contributed by atoms with van der Waals surface area (Å²) in [6.45, 7) is 6.19. The molecule has 0 aliphatic heterocycles. The minimum Gasteiger partial charge on any atom is -0.461 e. The van der Waals surface area contributed by atoms with E-state index in [1.54, 1.807) is 6.92 Å². The van der Waals surface area contributed by atoms with Crippen molar-refractivity contribution in [1.82, 2.24) is 5.32 Å². The van der Waals surface area contributed by atoms with E-state index in [1.807, 2.05) is 44.2 Å². The van der Waals surface area contributed by atoms with Crippen molar-refractivity contribution in [1.29, 1.82) is 0 Å². The van der Waals surface area contributed by atoms with Crippen LogP contribution in [0.15, 0.2) is 30.3 Å². The molecule has 0 fully saturated rings. The number of ether oxygens (including phenoxy) is 1. The largest absolute Gasteiger partial charge is 0.461 e. The molecule has 2 atom stereocenters. The number of amides is 1. The molecule has 1 amide bonds. The molecule has 0 radical (unpaired) electrons. The van der Waals surface area contributed by atoms with Crippen molar-refractivity contribution in [2.45, 2.75) is 33.4 Å². The second-order valence-corrected chi connectivity index (χ2v) is 5.53. The molecule has 5 nitrogen and oxygen atoms in total. The number of hydrogen-bond donors (Lipinski definition) is 2. The summed E-state index contributed by atoms with van der Waals surface area (Å²) in [5, 5.41) is 3.02. The molecular weight excluding hydrogens is 268 g/mol. The van der Waals surface area contributed by atoms with Gasteiger partial charge in [0.05, 0.1) is 12.0 Å². The van der Waals surface area contributed by atoms with Gasteiger partial charge in [0.25, 0.3) is 0 Å². The van der Waals surface area contributed by atoms with Gasteiger partial charge in [0.2, 0.25) is 5.91 Å². The third-order valence-electron chi connectivity index (χ3n) is 3.24. The zero-order valence-corrected chi connectivity index (χ0v) is 12.8. The number of nitrogens with two attached hydrogens (primary N) is 1. The maximum Gasteiger partial charge on any atom is 0.310 e. The molecule has 2 unspecified atom stereocenters. The smallest absolute Gasteiger partial charge is 0.310 e. The van der Waals surface area contributed by atoms with Gasteiger partial charge in [-0.15, -0.1) is 0 Å². The Bertz CT molecular complexity index is 460. The molecule has 0 bridgehead atoms. The van der Waals surface area contributed by atoms with E-state index >= 15 is 0 Å².